The SMILES string of the molecule is FC(F)C(F)(F)C(F)(F)C(F)(F)C(F)OC(F)(F)C(F)(F)F. The Balaban J connectivity index is 5.57. The summed E-state index contributed by atoms with van der Waals surface area (Å²) in [6.07, 6.45) is -24.8. The van der Waals surface area contributed by atoms with Crippen LogP contribution in [0.1, 0.15) is 0 Å². The second-order valence-electron chi connectivity index (χ2n) is 3.57. The van der Waals surface area contributed by atoms with Gasteiger partial charge in [0.2, 0.25) is 0 Å². The van der Waals surface area contributed by atoms with Gasteiger partial charge in [-0.3, -0.25) is 4.74 Å². The van der Waals surface area contributed by atoms with Crippen molar-refractivity contribution in [2.45, 2.75) is 42.8 Å². The van der Waals surface area contributed by atoms with Gasteiger partial charge in [-0.15, -0.1) is 0 Å². The van der Waals surface area contributed by atoms with Crippen LogP contribution in [-0.2, 0) is 4.74 Å². The minimum absolute atomic E-state index is 1.70. The van der Waals surface area contributed by atoms with Crippen molar-refractivity contribution in [3.8, 4) is 0 Å². The van der Waals surface area contributed by atoms with Crippen molar-refractivity contribution >= 4 is 0 Å². The van der Waals surface area contributed by atoms with E-state index in [2.05, 4.69) is 0 Å². The average Bonchev–Trinajstić information content (AvgIpc) is 2.25. The van der Waals surface area contributed by atoms with Crippen LogP contribution in [0.2, 0.25) is 0 Å². The molecule has 0 heterocycles. The molecule has 134 valence electrons. The molecule has 1 nitrogen and oxygen atoms in total. The van der Waals surface area contributed by atoms with Gasteiger partial charge in [-0.25, -0.2) is 13.2 Å². The summed E-state index contributed by atoms with van der Waals surface area (Å²) < 4.78 is 171. The van der Waals surface area contributed by atoms with Gasteiger partial charge >= 0.3 is 36.5 Å². The third-order valence-electron chi connectivity index (χ3n) is 1.98. The number of halogens is 14. The van der Waals surface area contributed by atoms with Gasteiger partial charge in [0.25, 0.3) is 6.36 Å². The zero-order valence-electron chi connectivity index (χ0n) is 9.35. The first kappa shape index (κ1) is 21.0. The van der Waals surface area contributed by atoms with E-state index in [1.165, 1.54) is 0 Å². The normalized spacial score (nSPS) is 17.0. The molecular weight excluding hydrogens is 366 g/mol. The van der Waals surface area contributed by atoms with Crippen LogP contribution in [-0.4, -0.2) is 42.8 Å². The second-order valence-corrected chi connectivity index (χ2v) is 3.57. The molecule has 0 aromatic rings. The first-order chi connectivity index (χ1) is 9.32. The van der Waals surface area contributed by atoms with Gasteiger partial charge in [0, 0.05) is 0 Å². The maximum Gasteiger partial charge on any atom is 0.483 e. The summed E-state index contributed by atoms with van der Waals surface area (Å²) in [4.78, 5) is 0. The molecule has 0 aliphatic heterocycles. The molecule has 0 amide bonds. The largest absolute Gasteiger partial charge is 0.483 e. The van der Waals surface area contributed by atoms with Crippen molar-refractivity contribution in [2.24, 2.45) is 0 Å². The third-order valence-corrected chi connectivity index (χ3v) is 1.98. The van der Waals surface area contributed by atoms with Crippen LogP contribution in [0.3, 0.4) is 0 Å². The van der Waals surface area contributed by atoms with Gasteiger partial charge in [0.05, 0.1) is 0 Å². The number of hydrogen-bond acceptors (Lipinski definition) is 1. The minimum atomic E-state index is -7.34. The van der Waals surface area contributed by atoms with Crippen molar-refractivity contribution in [3.63, 3.8) is 0 Å². The standard InChI is InChI=1S/C7H2F14O/c8-1(9)3(11,12)5(15,16)4(13,14)2(10)22-7(20,21)6(17,18)19/h1-2H. The molecule has 0 aliphatic carbocycles. The zero-order chi connectivity index (χ0) is 18.4. The summed E-state index contributed by atoms with van der Waals surface area (Å²) in [6, 6.07) is 0. The van der Waals surface area contributed by atoms with Gasteiger partial charge in [-0.2, -0.15) is 48.3 Å². The van der Waals surface area contributed by atoms with E-state index in [1.807, 2.05) is 0 Å². The Hall–Kier alpha value is -1.02. The van der Waals surface area contributed by atoms with E-state index in [9.17, 15) is 61.5 Å². The van der Waals surface area contributed by atoms with E-state index < -0.39 is 42.8 Å². The molecule has 0 aromatic carbocycles. The van der Waals surface area contributed by atoms with Crippen molar-refractivity contribution < 1.29 is 66.2 Å². The molecule has 1 atom stereocenters. The Labute approximate surface area is 110 Å². The second kappa shape index (κ2) is 5.56. The van der Waals surface area contributed by atoms with Crippen LogP contribution in [0.5, 0.6) is 0 Å². The summed E-state index contributed by atoms with van der Waals surface area (Å²) in [5.41, 5.74) is 0. The molecule has 0 spiro atoms. The van der Waals surface area contributed by atoms with Crippen LogP contribution in [0, 0.1) is 0 Å². The van der Waals surface area contributed by atoms with Gasteiger partial charge < -0.3 is 0 Å². The topological polar surface area (TPSA) is 9.23 Å². The summed E-state index contributed by atoms with van der Waals surface area (Å²) in [6.45, 7) is 0. The summed E-state index contributed by atoms with van der Waals surface area (Å²) in [5.74, 6) is -21.4. The van der Waals surface area contributed by atoms with E-state index in [1.54, 1.807) is 4.74 Å². The lowest BCUT2D eigenvalue weighted by Crippen LogP contribution is -2.62. The zero-order valence-corrected chi connectivity index (χ0v) is 9.35. The van der Waals surface area contributed by atoms with Crippen LogP contribution < -0.4 is 0 Å². The lowest BCUT2D eigenvalue weighted by atomic mass is 10.0. The quantitative estimate of drug-likeness (QED) is 0.622. The fourth-order valence-electron chi connectivity index (χ4n) is 0.773. The van der Waals surface area contributed by atoms with Crippen molar-refractivity contribution in [2.75, 3.05) is 0 Å². The molecule has 0 rings (SSSR count). The lowest BCUT2D eigenvalue weighted by Gasteiger charge is -2.34. The number of rotatable bonds is 6. The van der Waals surface area contributed by atoms with E-state index in [0.717, 1.165) is 0 Å². The van der Waals surface area contributed by atoms with E-state index >= 15 is 0 Å². The van der Waals surface area contributed by atoms with Crippen LogP contribution in [0.25, 0.3) is 0 Å². The molecule has 0 radical (unpaired) electrons. The number of hydrogen-bond donors (Lipinski definition) is 0. The average molecular weight is 368 g/mol. The van der Waals surface area contributed by atoms with Crippen molar-refractivity contribution in [3.05, 3.63) is 0 Å². The summed E-state index contributed by atoms with van der Waals surface area (Å²) >= 11 is 0. The fraction of sp³-hybridized carbons (Fsp3) is 1.00. The van der Waals surface area contributed by atoms with Gasteiger partial charge in [0.15, 0.2) is 0 Å². The monoisotopic (exact) mass is 368 g/mol. The highest BCUT2D eigenvalue weighted by atomic mass is 19.4. The van der Waals surface area contributed by atoms with Gasteiger partial charge in [0.1, 0.15) is 0 Å². The highest BCUT2D eigenvalue weighted by molar-refractivity contribution is 4.99. The number of ether oxygens (including phenoxy) is 1. The highest BCUT2D eigenvalue weighted by Crippen LogP contribution is 2.52. The maximum absolute atomic E-state index is 12.6. The molecule has 0 N–H and O–H groups in total. The Morgan fingerprint density at radius 2 is 0.955 bits per heavy atom. The predicted octanol–water partition coefficient (Wildman–Crippen LogP) is 4.62. The molecule has 15 heteroatoms. The molecule has 0 saturated heterocycles. The van der Waals surface area contributed by atoms with E-state index in [-0.39, 0.29) is 0 Å². The van der Waals surface area contributed by atoms with E-state index in [0.29, 0.717) is 0 Å². The van der Waals surface area contributed by atoms with Gasteiger partial charge in [-0.05, 0) is 0 Å². The smallest absolute Gasteiger partial charge is 0.272 e. The molecule has 0 fully saturated rings. The molecule has 0 bridgehead atoms. The molecule has 0 saturated carbocycles. The Kier molecular flexibility index (Phi) is 5.30. The van der Waals surface area contributed by atoms with Crippen LogP contribution >= 0.6 is 0 Å². The van der Waals surface area contributed by atoms with Crippen LogP contribution in [0.15, 0.2) is 0 Å². The maximum atomic E-state index is 12.6. The van der Waals surface area contributed by atoms with E-state index in [4.69, 9.17) is 0 Å². The Morgan fingerprint density at radius 1 is 0.591 bits per heavy atom. The Morgan fingerprint density at radius 3 is 1.23 bits per heavy atom. The van der Waals surface area contributed by atoms with Gasteiger partial charge in [-0.1, -0.05) is 0 Å². The molecule has 0 aliphatic rings. The Bertz CT molecular complexity index is 383. The molecule has 0 aromatic heterocycles. The first-order valence-corrected chi connectivity index (χ1v) is 4.50. The summed E-state index contributed by atoms with van der Waals surface area (Å²) in [7, 11) is 0. The summed E-state index contributed by atoms with van der Waals surface area (Å²) in [5, 5.41) is 0. The first-order valence-electron chi connectivity index (χ1n) is 4.50. The molecular formula is C7H2F14O. The molecule has 1 unspecified atom stereocenters. The minimum Gasteiger partial charge on any atom is -0.272 e. The fourth-order valence-corrected chi connectivity index (χ4v) is 0.773. The third kappa shape index (κ3) is 3.32. The number of alkyl halides is 14. The highest BCUT2D eigenvalue weighted by Gasteiger charge is 2.79. The van der Waals surface area contributed by atoms with Crippen molar-refractivity contribution in [1.29, 1.82) is 0 Å². The van der Waals surface area contributed by atoms with Crippen molar-refractivity contribution in [1.82, 2.24) is 0 Å². The predicted molar refractivity (Wildman–Crippen MR) is 37.8 cm³/mol. The van der Waals surface area contributed by atoms with Crippen LogP contribution in [0.4, 0.5) is 61.5 Å². The molecule has 22 heavy (non-hydrogen) atoms. The lowest BCUT2D eigenvalue weighted by molar-refractivity contribution is -0.450.